The fourth-order valence-corrected chi connectivity index (χ4v) is 5.57. The van der Waals surface area contributed by atoms with Crippen LogP contribution >= 0.6 is 22.7 Å². The highest BCUT2D eigenvalue weighted by Crippen LogP contribution is 2.44. The smallest absolute Gasteiger partial charge is 0.0358 e. The summed E-state index contributed by atoms with van der Waals surface area (Å²) in [6, 6.07) is 16.2. The predicted molar refractivity (Wildman–Crippen MR) is 120 cm³/mol. The van der Waals surface area contributed by atoms with Crippen LogP contribution in [0.4, 0.5) is 0 Å². The SMILES string of the molecule is CC(C)(C)c1ccc2sc(-c3ccc4sccc4c3C(C)(C)C)cc2c1. The van der Waals surface area contributed by atoms with E-state index in [2.05, 4.69) is 89.4 Å². The Morgan fingerprint density at radius 3 is 2.15 bits per heavy atom. The lowest BCUT2D eigenvalue weighted by molar-refractivity contribution is 0.591. The zero-order chi connectivity index (χ0) is 18.7. The summed E-state index contributed by atoms with van der Waals surface area (Å²) < 4.78 is 2.76. The molecule has 0 spiro atoms. The van der Waals surface area contributed by atoms with Gasteiger partial charge in [-0.05, 0) is 74.0 Å². The molecule has 0 atom stereocenters. The zero-order valence-electron chi connectivity index (χ0n) is 16.4. The van der Waals surface area contributed by atoms with Crippen LogP contribution in [0.1, 0.15) is 52.7 Å². The van der Waals surface area contributed by atoms with E-state index in [1.807, 2.05) is 22.7 Å². The molecule has 4 aromatic rings. The van der Waals surface area contributed by atoms with Gasteiger partial charge in [-0.1, -0.05) is 53.7 Å². The van der Waals surface area contributed by atoms with Crippen LogP contribution in [-0.4, -0.2) is 0 Å². The summed E-state index contributed by atoms with van der Waals surface area (Å²) in [4.78, 5) is 1.38. The lowest BCUT2D eigenvalue weighted by Gasteiger charge is -2.24. The number of hydrogen-bond acceptors (Lipinski definition) is 2. The average molecular weight is 379 g/mol. The highest BCUT2D eigenvalue weighted by Gasteiger charge is 2.23. The highest BCUT2D eigenvalue weighted by atomic mass is 32.1. The van der Waals surface area contributed by atoms with Crippen LogP contribution in [-0.2, 0) is 10.8 Å². The first kappa shape index (κ1) is 17.8. The Labute approximate surface area is 164 Å². The molecule has 2 heterocycles. The molecule has 2 aromatic carbocycles. The second kappa shape index (κ2) is 5.94. The van der Waals surface area contributed by atoms with Crippen molar-refractivity contribution in [2.45, 2.75) is 52.4 Å². The number of thiophene rings is 2. The van der Waals surface area contributed by atoms with Crippen molar-refractivity contribution >= 4 is 42.8 Å². The first-order valence-corrected chi connectivity index (χ1v) is 10.9. The monoisotopic (exact) mass is 378 g/mol. The molecule has 0 radical (unpaired) electrons. The Bertz CT molecular complexity index is 1090. The van der Waals surface area contributed by atoms with Crippen LogP contribution in [0.25, 0.3) is 30.6 Å². The summed E-state index contributed by atoms with van der Waals surface area (Å²) in [5, 5.41) is 4.99. The second-order valence-electron chi connectivity index (χ2n) is 9.18. The van der Waals surface area contributed by atoms with E-state index in [0.29, 0.717) is 0 Å². The number of fused-ring (bicyclic) bond motifs is 2. The quantitative estimate of drug-likeness (QED) is 0.312. The van der Waals surface area contributed by atoms with Crippen LogP contribution in [0.2, 0.25) is 0 Å². The molecule has 0 aliphatic rings. The van der Waals surface area contributed by atoms with E-state index in [1.165, 1.54) is 41.7 Å². The van der Waals surface area contributed by atoms with Gasteiger partial charge in [0.2, 0.25) is 0 Å². The summed E-state index contributed by atoms with van der Waals surface area (Å²) in [7, 11) is 0. The number of rotatable bonds is 1. The maximum atomic E-state index is 2.39. The van der Waals surface area contributed by atoms with Crippen molar-refractivity contribution in [3.63, 3.8) is 0 Å². The van der Waals surface area contributed by atoms with Gasteiger partial charge in [0, 0.05) is 14.3 Å². The van der Waals surface area contributed by atoms with Crippen LogP contribution in [0.15, 0.2) is 47.8 Å². The molecule has 0 aliphatic carbocycles. The molecule has 0 N–H and O–H groups in total. The summed E-state index contributed by atoms with van der Waals surface area (Å²) in [6.07, 6.45) is 0. The normalized spacial score (nSPS) is 13.0. The summed E-state index contributed by atoms with van der Waals surface area (Å²) in [5.74, 6) is 0. The largest absolute Gasteiger partial charge is 0.144 e. The lowest BCUT2D eigenvalue weighted by atomic mass is 9.81. The molecule has 0 unspecified atom stereocenters. The Morgan fingerprint density at radius 1 is 0.731 bits per heavy atom. The molecule has 0 saturated carbocycles. The van der Waals surface area contributed by atoms with Gasteiger partial charge in [0.05, 0.1) is 0 Å². The van der Waals surface area contributed by atoms with Gasteiger partial charge >= 0.3 is 0 Å². The molecule has 4 rings (SSSR count). The first-order chi connectivity index (χ1) is 12.1. The molecule has 0 nitrogen and oxygen atoms in total. The molecule has 0 saturated heterocycles. The van der Waals surface area contributed by atoms with Crippen molar-refractivity contribution in [3.05, 3.63) is 59.0 Å². The standard InChI is InChI=1S/C24H26S2/c1-23(2,3)16-7-9-19-15(13-16)14-21(26-19)17-8-10-20-18(11-12-25-20)22(17)24(4,5)6/h7-14H,1-6H3. The van der Waals surface area contributed by atoms with Gasteiger partial charge in [0.15, 0.2) is 0 Å². The average Bonchev–Trinajstić information content (AvgIpc) is 3.17. The topological polar surface area (TPSA) is 0 Å². The van der Waals surface area contributed by atoms with Crippen molar-refractivity contribution in [3.8, 4) is 10.4 Å². The minimum Gasteiger partial charge on any atom is -0.144 e. The van der Waals surface area contributed by atoms with Crippen molar-refractivity contribution in [2.24, 2.45) is 0 Å². The Morgan fingerprint density at radius 2 is 1.46 bits per heavy atom. The minimum absolute atomic E-state index is 0.114. The van der Waals surface area contributed by atoms with Crippen molar-refractivity contribution in [2.75, 3.05) is 0 Å². The lowest BCUT2D eigenvalue weighted by Crippen LogP contribution is -2.13. The van der Waals surface area contributed by atoms with E-state index in [9.17, 15) is 0 Å². The fraction of sp³-hybridized carbons (Fsp3) is 0.333. The second-order valence-corrected chi connectivity index (χ2v) is 11.2. The third kappa shape index (κ3) is 3.00. The maximum absolute atomic E-state index is 2.39. The van der Waals surface area contributed by atoms with E-state index in [-0.39, 0.29) is 10.8 Å². The van der Waals surface area contributed by atoms with Gasteiger partial charge in [-0.2, -0.15) is 0 Å². The van der Waals surface area contributed by atoms with E-state index in [4.69, 9.17) is 0 Å². The summed E-state index contributed by atoms with van der Waals surface area (Å²) in [5.41, 5.74) is 4.56. The van der Waals surface area contributed by atoms with Crippen LogP contribution in [0, 0.1) is 0 Å². The number of hydrogen-bond donors (Lipinski definition) is 0. The molecule has 2 aromatic heterocycles. The van der Waals surface area contributed by atoms with E-state index in [1.54, 1.807) is 0 Å². The van der Waals surface area contributed by atoms with E-state index >= 15 is 0 Å². The summed E-state index contributed by atoms with van der Waals surface area (Å²) >= 11 is 3.75. The predicted octanol–water partition coefficient (Wildman–Crippen LogP) is 8.38. The molecular weight excluding hydrogens is 352 g/mol. The van der Waals surface area contributed by atoms with Crippen LogP contribution in [0.3, 0.4) is 0 Å². The first-order valence-electron chi connectivity index (χ1n) is 9.20. The third-order valence-electron chi connectivity index (χ3n) is 5.03. The van der Waals surface area contributed by atoms with Crippen molar-refractivity contribution in [1.29, 1.82) is 0 Å². The van der Waals surface area contributed by atoms with Crippen molar-refractivity contribution in [1.82, 2.24) is 0 Å². The Hall–Kier alpha value is -1.64. The molecular formula is C24H26S2. The Kier molecular flexibility index (Phi) is 4.05. The van der Waals surface area contributed by atoms with Gasteiger partial charge in [0.25, 0.3) is 0 Å². The summed E-state index contributed by atoms with van der Waals surface area (Å²) in [6.45, 7) is 13.8. The third-order valence-corrected chi connectivity index (χ3v) is 7.06. The van der Waals surface area contributed by atoms with Gasteiger partial charge < -0.3 is 0 Å². The van der Waals surface area contributed by atoms with Gasteiger partial charge in [0.1, 0.15) is 0 Å². The molecule has 0 aliphatic heterocycles. The Balaban J connectivity index is 1.95. The van der Waals surface area contributed by atoms with Gasteiger partial charge in [-0.15, -0.1) is 22.7 Å². The van der Waals surface area contributed by atoms with E-state index < -0.39 is 0 Å². The van der Waals surface area contributed by atoms with Crippen LogP contribution < -0.4 is 0 Å². The zero-order valence-corrected chi connectivity index (χ0v) is 18.1. The van der Waals surface area contributed by atoms with Gasteiger partial charge in [-0.25, -0.2) is 0 Å². The number of benzene rings is 2. The molecule has 26 heavy (non-hydrogen) atoms. The van der Waals surface area contributed by atoms with Crippen LogP contribution in [0.5, 0.6) is 0 Å². The molecule has 0 amide bonds. The van der Waals surface area contributed by atoms with E-state index in [0.717, 1.165) is 0 Å². The van der Waals surface area contributed by atoms with Crippen molar-refractivity contribution < 1.29 is 0 Å². The molecule has 0 bridgehead atoms. The molecule has 0 fully saturated rings. The highest BCUT2D eigenvalue weighted by molar-refractivity contribution is 7.22. The molecule has 2 heteroatoms. The maximum Gasteiger partial charge on any atom is 0.0358 e. The van der Waals surface area contributed by atoms with Gasteiger partial charge in [-0.3, -0.25) is 0 Å². The minimum atomic E-state index is 0.114. The fourth-order valence-electron chi connectivity index (χ4n) is 3.70. The molecule has 134 valence electrons.